The second-order valence-electron chi connectivity index (χ2n) is 7.72. The minimum atomic E-state index is 0.545. The number of hydrogen-bond acceptors (Lipinski definition) is 3. The molecule has 5 rings (SSSR count). The van der Waals surface area contributed by atoms with E-state index in [9.17, 15) is 0 Å². The molecule has 0 atom stereocenters. The van der Waals surface area contributed by atoms with Gasteiger partial charge in [-0.05, 0) is 48.2 Å². The van der Waals surface area contributed by atoms with Crippen molar-refractivity contribution in [2.45, 2.75) is 26.5 Å². The van der Waals surface area contributed by atoms with Gasteiger partial charge in [0.1, 0.15) is 23.7 Å². The van der Waals surface area contributed by atoms with Crippen LogP contribution in [0.3, 0.4) is 0 Å². The molecular formula is C26H24N2O. The standard InChI is InChI=1S/C26H24N2O/c1-19-6-4-7-20(16-19)18-29-24-11-5-10-22-12-13-25(27-26(22)24)28-15-14-21-8-2-3-9-23(21)17-28/h2-13,16H,14-15,17-18H2,1H3. The molecule has 4 aromatic rings. The van der Waals surface area contributed by atoms with Crippen LogP contribution in [0, 0.1) is 6.92 Å². The third kappa shape index (κ3) is 3.68. The van der Waals surface area contributed by atoms with Crippen LogP contribution in [0.25, 0.3) is 10.9 Å². The Labute approximate surface area is 171 Å². The van der Waals surface area contributed by atoms with Crippen LogP contribution in [0.4, 0.5) is 5.82 Å². The highest BCUT2D eigenvalue weighted by atomic mass is 16.5. The van der Waals surface area contributed by atoms with Gasteiger partial charge in [-0.1, -0.05) is 66.2 Å². The van der Waals surface area contributed by atoms with Crippen molar-refractivity contribution in [2.24, 2.45) is 0 Å². The van der Waals surface area contributed by atoms with Crippen LogP contribution in [0.5, 0.6) is 5.75 Å². The van der Waals surface area contributed by atoms with Crippen molar-refractivity contribution in [3.8, 4) is 5.75 Å². The van der Waals surface area contributed by atoms with Gasteiger partial charge in [0.15, 0.2) is 0 Å². The van der Waals surface area contributed by atoms with Crippen LogP contribution in [0.15, 0.2) is 78.9 Å². The maximum atomic E-state index is 6.18. The van der Waals surface area contributed by atoms with Crippen LogP contribution in [-0.2, 0) is 19.6 Å². The highest BCUT2D eigenvalue weighted by Gasteiger charge is 2.17. The molecule has 1 aromatic heterocycles. The Balaban J connectivity index is 1.43. The van der Waals surface area contributed by atoms with Gasteiger partial charge in [0.2, 0.25) is 0 Å². The minimum Gasteiger partial charge on any atom is -0.487 e. The number of rotatable bonds is 4. The smallest absolute Gasteiger partial charge is 0.146 e. The molecule has 1 aliphatic heterocycles. The zero-order valence-corrected chi connectivity index (χ0v) is 16.6. The summed E-state index contributed by atoms with van der Waals surface area (Å²) in [5.41, 5.74) is 6.19. The molecule has 3 aromatic carbocycles. The van der Waals surface area contributed by atoms with Crippen molar-refractivity contribution < 1.29 is 4.74 Å². The van der Waals surface area contributed by atoms with Gasteiger partial charge >= 0.3 is 0 Å². The average molecular weight is 380 g/mol. The molecule has 0 fully saturated rings. The number of pyridine rings is 1. The Morgan fingerprint density at radius 2 is 1.76 bits per heavy atom. The van der Waals surface area contributed by atoms with E-state index in [1.807, 2.05) is 12.1 Å². The number of benzene rings is 3. The Hall–Kier alpha value is -3.33. The summed E-state index contributed by atoms with van der Waals surface area (Å²) in [6, 6.07) is 27.6. The molecule has 144 valence electrons. The minimum absolute atomic E-state index is 0.545. The lowest BCUT2D eigenvalue weighted by molar-refractivity contribution is 0.309. The number of ether oxygens (including phenoxy) is 1. The van der Waals surface area contributed by atoms with Gasteiger partial charge in [-0.15, -0.1) is 0 Å². The maximum absolute atomic E-state index is 6.18. The summed E-state index contributed by atoms with van der Waals surface area (Å²) in [4.78, 5) is 7.36. The summed E-state index contributed by atoms with van der Waals surface area (Å²) in [7, 11) is 0. The van der Waals surface area contributed by atoms with E-state index in [0.717, 1.165) is 42.0 Å². The molecule has 0 N–H and O–H groups in total. The molecule has 3 nitrogen and oxygen atoms in total. The summed E-state index contributed by atoms with van der Waals surface area (Å²) in [6.07, 6.45) is 1.06. The normalized spacial score (nSPS) is 13.3. The van der Waals surface area contributed by atoms with Gasteiger partial charge in [-0.25, -0.2) is 4.98 Å². The molecule has 0 unspecified atom stereocenters. The molecule has 29 heavy (non-hydrogen) atoms. The van der Waals surface area contributed by atoms with E-state index in [2.05, 4.69) is 78.6 Å². The van der Waals surface area contributed by atoms with Gasteiger partial charge in [-0.2, -0.15) is 0 Å². The molecule has 1 aliphatic rings. The summed E-state index contributed by atoms with van der Waals surface area (Å²) in [6.45, 7) is 4.54. The first-order valence-corrected chi connectivity index (χ1v) is 10.2. The molecule has 0 bridgehead atoms. The van der Waals surface area contributed by atoms with Gasteiger partial charge < -0.3 is 9.64 Å². The van der Waals surface area contributed by atoms with Gasteiger partial charge in [0, 0.05) is 18.5 Å². The number of anilines is 1. The Morgan fingerprint density at radius 3 is 2.66 bits per heavy atom. The molecule has 0 radical (unpaired) electrons. The second-order valence-corrected chi connectivity index (χ2v) is 7.72. The van der Waals surface area contributed by atoms with Gasteiger partial charge in [-0.3, -0.25) is 0 Å². The van der Waals surface area contributed by atoms with Crippen molar-refractivity contribution in [1.29, 1.82) is 0 Å². The second kappa shape index (κ2) is 7.59. The van der Waals surface area contributed by atoms with E-state index in [4.69, 9.17) is 9.72 Å². The molecule has 0 saturated heterocycles. The van der Waals surface area contributed by atoms with Crippen LogP contribution in [0.1, 0.15) is 22.3 Å². The number of para-hydroxylation sites is 1. The molecule has 0 aliphatic carbocycles. The summed E-state index contributed by atoms with van der Waals surface area (Å²) >= 11 is 0. The molecule has 3 heteroatoms. The first-order chi connectivity index (χ1) is 14.3. The molecule has 0 spiro atoms. The predicted octanol–water partition coefficient (Wildman–Crippen LogP) is 5.68. The van der Waals surface area contributed by atoms with Crippen molar-refractivity contribution in [3.05, 3.63) is 101 Å². The van der Waals surface area contributed by atoms with E-state index in [-0.39, 0.29) is 0 Å². The fraction of sp³-hybridized carbons (Fsp3) is 0.192. The number of aromatic nitrogens is 1. The predicted molar refractivity (Wildman–Crippen MR) is 118 cm³/mol. The van der Waals surface area contributed by atoms with Crippen molar-refractivity contribution in [1.82, 2.24) is 4.98 Å². The largest absolute Gasteiger partial charge is 0.487 e. The van der Waals surface area contributed by atoms with Crippen LogP contribution in [-0.4, -0.2) is 11.5 Å². The van der Waals surface area contributed by atoms with Crippen molar-refractivity contribution in [2.75, 3.05) is 11.4 Å². The highest BCUT2D eigenvalue weighted by Crippen LogP contribution is 2.29. The zero-order valence-electron chi connectivity index (χ0n) is 16.6. The fourth-order valence-corrected chi connectivity index (χ4v) is 4.06. The van der Waals surface area contributed by atoms with Crippen molar-refractivity contribution in [3.63, 3.8) is 0 Å². The number of aryl methyl sites for hydroxylation is 1. The van der Waals surface area contributed by atoms with Crippen LogP contribution >= 0.6 is 0 Å². The molecule has 0 saturated carbocycles. The van der Waals surface area contributed by atoms with E-state index in [1.165, 1.54) is 22.3 Å². The Kier molecular flexibility index (Phi) is 4.65. The summed E-state index contributed by atoms with van der Waals surface area (Å²) in [5, 5.41) is 1.10. The number of hydrogen-bond donors (Lipinski definition) is 0. The highest BCUT2D eigenvalue weighted by molar-refractivity contribution is 5.86. The van der Waals surface area contributed by atoms with Crippen molar-refractivity contribution >= 4 is 16.7 Å². The molecular weight excluding hydrogens is 356 g/mol. The quantitative estimate of drug-likeness (QED) is 0.455. The van der Waals surface area contributed by atoms with Crippen LogP contribution in [0.2, 0.25) is 0 Å². The zero-order chi connectivity index (χ0) is 19.6. The van der Waals surface area contributed by atoms with Crippen LogP contribution < -0.4 is 9.64 Å². The van der Waals surface area contributed by atoms with E-state index in [1.54, 1.807) is 0 Å². The first kappa shape index (κ1) is 17.7. The molecule has 0 amide bonds. The third-order valence-electron chi connectivity index (χ3n) is 5.60. The van der Waals surface area contributed by atoms with Gasteiger partial charge in [0.05, 0.1) is 0 Å². The van der Waals surface area contributed by atoms with E-state index in [0.29, 0.717) is 6.61 Å². The SMILES string of the molecule is Cc1cccc(COc2cccc3ccc(N4CCc5ccccc5C4)nc23)c1. The van der Waals surface area contributed by atoms with E-state index < -0.39 is 0 Å². The lowest BCUT2D eigenvalue weighted by Crippen LogP contribution is -2.30. The topological polar surface area (TPSA) is 25.4 Å². The lowest BCUT2D eigenvalue weighted by atomic mass is 10.00. The van der Waals surface area contributed by atoms with Gasteiger partial charge in [0.25, 0.3) is 0 Å². The number of nitrogens with zero attached hydrogens (tertiary/aromatic N) is 2. The summed E-state index contributed by atoms with van der Waals surface area (Å²) in [5.74, 6) is 1.85. The Bertz CT molecular complexity index is 1170. The maximum Gasteiger partial charge on any atom is 0.146 e. The summed E-state index contributed by atoms with van der Waals surface area (Å²) < 4.78 is 6.18. The lowest BCUT2D eigenvalue weighted by Gasteiger charge is -2.30. The monoisotopic (exact) mass is 380 g/mol. The number of fused-ring (bicyclic) bond motifs is 2. The fourth-order valence-electron chi connectivity index (χ4n) is 4.06. The average Bonchev–Trinajstić information content (AvgIpc) is 2.77. The Morgan fingerprint density at radius 1 is 0.897 bits per heavy atom. The van der Waals surface area contributed by atoms with E-state index >= 15 is 0 Å². The third-order valence-corrected chi connectivity index (χ3v) is 5.60. The first-order valence-electron chi connectivity index (χ1n) is 10.2. The molecule has 2 heterocycles.